The molecule has 0 spiro atoms. The molecule has 1 amide bonds. The zero-order valence-corrected chi connectivity index (χ0v) is 18.3. The molecule has 0 aliphatic rings. The predicted molar refractivity (Wildman–Crippen MR) is 116 cm³/mol. The Morgan fingerprint density at radius 1 is 1.06 bits per heavy atom. The first-order valence-corrected chi connectivity index (χ1v) is 10.5. The number of sulfone groups is 1. The number of hydrogen-bond donors (Lipinski definition) is 1. The fourth-order valence-electron chi connectivity index (χ4n) is 2.59. The minimum atomic E-state index is -3.75. The van der Waals surface area contributed by atoms with E-state index in [1.165, 1.54) is 46.6 Å². The minimum Gasteiger partial charge on any atom is -0.496 e. The van der Waals surface area contributed by atoms with Crippen LogP contribution in [0.2, 0.25) is 0 Å². The van der Waals surface area contributed by atoms with E-state index in [0.29, 0.717) is 22.8 Å². The first-order chi connectivity index (χ1) is 14.8. The van der Waals surface area contributed by atoms with Crippen LogP contribution in [-0.4, -0.2) is 47.7 Å². The maximum Gasteiger partial charge on any atom is 0.301 e. The van der Waals surface area contributed by atoms with Crippen molar-refractivity contribution in [1.29, 1.82) is 0 Å². The molecule has 31 heavy (non-hydrogen) atoms. The Morgan fingerprint density at radius 3 is 2.19 bits per heavy atom. The molecule has 1 heterocycles. The van der Waals surface area contributed by atoms with E-state index in [1.54, 1.807) is 12.1 Å². The van der Waals surface area contributed by atoms with Crippen molar-refractivity contribution in [3.8, 4) is 35.3 Å². The van der Waals surface area contributed by atoms with Crippen LogP contribution < -0.4 is 24.3 Å². The average molecular weight is 446 g/mol. The molecule has 2 aromatic rings. The zero-order chi connectivity index (χ0) is 23.0. The second kappa shape index (κ2) is 10.4. The van der Waals surface area contributed by atoms with Crippen LogP contribution in [0.15, 0.2) is 29.7 Å². The van der Waals surface area contributed by atoms with Gasteiger partial charge in [0.2, 0.25) is 0 Å². The molecule has 164 valence electrons. The van der Waals surface area contributed by atoms with E-state index in [0.717, 1.165) is 5.41 Å². The number of aromatic nitrogens is 1. The Bertz CT molecular complexity index is 1110. The maximum absolute atomic E-state index is 12.7. The summed E-state index contributed by atoms with van der Waals surface area (Å²) >= 11 is 0. The molecule has 0 radical (unpaired) electrons. The standard InChI is InChI=1S/C21H22N2O7S/c1-6-20(24)23-21-17(28-3)8-7-14(22-21)13-31(25,26)10-9-16-18(29-4)11-15(27-2)12-19(16)30-5/h1,7-12H,13H2,2-5H3,(H,22,23,24)/b10-9+. The average Bonchev–Trinajstić information content (AvgIpc) is 2.76. The van der Waals surface area contributed by atoms with Crippen molar-refractivity contribution >= 4 is 27.6 Å². The van der Waals surface area contributed by atoms with Gasteiger partial charge >= 0.3 is 5.91 Å². The number of rotatable bonds is 9. The largest absolute Gasteiger partial charge is 0.496 e. The van der Waals surface area contributed by atoms with Gasteiger partial charge in [-0.1, -0.05) is 0 Å². The van der Waals surface area contributed by atoms with Gasteiger partial charge in [-0.25, -0.2) is 13.4 Å². The topological polar surface area (TPSA) is 113 Å². The third-order valence-electron chi connectivity index (χ3n) is 4.04. The van der Waals surface area contributed by atoms with Gasteiger partial charge in [0.1, 0.15) is 17.2 Å². The Balaban J connectivity index is 2.34. The highest BCUT2D eigenvalue weighted by Gasteiger charge is 2.16. The number of carbonyl (C=O) groups excluding carboxylic acids is 1. The van der Waals surface area contributed by atoms with Gasteiger partial charge in [-0.2, -0.15) is 0 Å². The number of methoxy groups -OCH3 is 4. The first-order valence-electron chi connectivity index (χ1n) is 8.79. The van der Waals surface area contributed by atoms with Crippen LogP contribution in [-0.2, 0) is 20.4 Å². The highest BCUT2D eigenvalue weighted by Crippen LogP contribution is 2.35. The van der Waals surface area contributed by atoms with Gasteiger partial charge in [-0.3, -0.25) is 10.1 Å². The minimum absolute atomic E-state index is 0.0284. The van der Waals surface area contributed by atoms with Crippen LogP contribution in [0.3, 0.4) is 0 Å². The van der Waals surface area contributed by atoms with Crippen molar-refractivity contribution in [3.05, 3.63) is 40.9 Å². The molecular weight excluding hydrogens is 424 g/mol. The lowest BCUT2D eigenvalue weighted by molar-refractivity contribution is -0.111. The van der Waals surface area contributed by atoms with Gasteiger partial charge < -0.3 is 18.9 Å². The van der Waals surface area contributed by atoms with E-state index < -0.39 is 21.5 Å². The van der Waals surface area contributed by atoms with Gasteiger partial charge in [-0.05, 0) is 24.1 Å². The number of ether oxygens (including phenoxy) is 4. The van der Waals surface area contributed by atoms with E-state index in [2.05, 4.69) is 10.3 Å². The molecule has 1 aromatic heterocycles. The number of carbonyl (C=O) groups is 1. The smallest absolute Gasteiger partial charge is 0.301 e. The normalized spacial score (nSPS) is 10.9. The molecule has 9 nitrogen and oxygen atoms in total. The summed E-state index contributed by atoms with van der Waals surface area (Å²) in [7, 11) is 2.04. The quantitative estimate of drug-likeness (QED) is 0.584. The lowest BCUT2D eigenvalue weighted by Gasteiger charge is -2.12. The number of pyridine rings is 1. The molecule has 0 fully saturated rings. The van der Waals surface area contributed by atoms with E-state index in [9.17, 15) is 13.2 Å². The lowest BCUT2D eigenvalue weighted by atomic mass is 10.1. The molecular formula is C21H22N2O7S. The van der Waals surface area contributed by atoms with Crippen molar-refractivity contribution < 1.29 is 32.2 Å². The summed E-state index contributed by atoms with van der Waals surface area (Å²) in [6.45, 7) is 0. The van der Waals surface area contributed by atoms with Crippen LogP contribution in [0, 0.1) is 12.3 Å². The third-order valence-corrected chi connectivity index (χ3v) is 5.29. The second-order valence-corrected chi connectivity index (χ2v) is 7.89. The van der Waals surface area contributed by atoms with Crippen LogP contribution >= 0.6 is 0 Å². The molecule has 2 rings (SSSR count). The van der Waals surface area contributed by atoms with Crippen molar-refractivity contribution in [2.75, 3.05) is 33.8 Å². The Hall–Kier alpha value is -3.71. The van der Waals surface area contributed by atoms with Crippen molar-refractivity contribution in [2.24, 2.45) is 0 Å². The third kappa shape index (κ3) is 6.13. The summed E-state index contributed by atoms with van der Waals surface area (Å²) in [6.07, 6.45) is 6.42. The molecule has 0 saturated carbocycles. The molecule has 0 aliphatic heterocycles. The van der Waals surface area contributed by atoms with Crippen LogP contribution in [0.1, 0.15) is 11.3 Å². The molecule has 1 N–H and O–H groups in total. The van der Waals surface area contributed by atoms with E-state index in [1.807, 2.05) is 5.92 Å². The molecule has 0 saturated heterocycles. The number of terminal acetylenes is 1. The van der Waals surface area contributed by atoms with E-state index in [4.69, 9.17) is 25.4 Å². The summed E-state index contributed by atoms with van der Waals surface area (Å²) in [5.74, 6) is 2.27. The maximum atomic E-state index is 12.7. The second-order valence-electron chi connectivity index (χ2n) is 6.01. The highest BCUT2D eigenvalue weighted by atomic mass is 32.2. The summed E-state index contributed by atoms with van der Waals surface area (Å²) in [5.41, 5.74) is 0.616. The van der Waals surface area contributed by atoms with E-state index in [-0.39, 0.29) is 17.3 Å². The summed E-state index contributed by atoms with van der Waals surface area (Å²) in [5, 5.41) is 3.40. The van der Waals surface area contributed by atoms with Gasteiger partial charge in [-0.15, -0.1) is 6.42 Å². The van der Waals surface area contributed by atoms with Crippen LogP contribution in [0.25, 0.3) is 6.08 Å². The monoisotopic (exact) mass is 446 g/mol. The van der Waals surface area contributed by atoms with Crippen LogP contribution in [0.4, 0.5) is 5.82 Å². The number of benzene rings is 1. The van der Waals surface area contributed by atoms with Gasteiger partial charge in [0.05, 0.1) is 45.4 Å². The highest BCUT2D eigenvalue weighted by molar-refractivity contribution is 7.93. The summed E-state index contributed by atoms with van der Waals surface area (Å²) in [6, 6.07) is 6.19. The number of amides is 1. The van der Waals surface area contributed by atoms with Gasteiger partial charge in [0.25, 0.3) is 0 Å². The molecule has 0 unspecified atom stereocenters. The van der Waals surface area contributed by atoms with Crippen molar-refractivity contribution in [3.63, 3.8) is 0 Å². The molecule has 0 aliphatic carbocycles. The number of nitrogens with zero attached hydrogens (tertiary/aromatic N) is 1. The lowest BCUT2D eigenvalue weighted by Crippen LogP contribution is -2.12. The number of nitrogens with one attached hydrogen (secondary N) is 1. The molecule has 10 heteroatoms. The summed E-state index contributed by atoms with van der Waals surface area (Å²) < 4.78 is 46.2. The summed E-state index contributed by atoms with van der Waals surface area (Å²) in [4.78, 5) is 15.6. The number of hydrogen-bond acceptors (Lipinski definition) is 8. The van der Waals surface area contributed by atoms with Gasteiger partial charge in [0.15, 0.2) is 21.4 Å². The molecule has 0 bridgehead atoms. The Kier molecular flexibility index (Phi) is 7.88. The Labute approximate surface area is 180 Å². The first kappa shape index (κ1) is 23.6. The van der Waals surface area contributed by atoms with Gasteiger partial charge in [0, 0.05) is 17.5 Å². The van der Waals surface area contributed by atoms with E-state index >= 15 is 0 Å². The fraction of sp³-hybridized carbons (Fsp3) is 0.238. The Morgan fingerprint density at radius 2 is 1.68 bits per heavy atom. The SMILES string of the molecule is C#CC(=O)Nc1nc(CS(=O)(=O)/C=C/c2c(OC)cc(OC)cc2OC)ccc1OC. The van der Waals surface area contributed by atoms with Crippen molar-refractivity contribution in [2.45, 2.75) is 5.75 Å². The molecule has 0 atom stereocenters. The predicted octanol–water partition coefficient (Wildman–Crippen LogP) is 2.27. The fourth-order valence-corrected chi connectivity index (χ4v) is 3.60. The van der Waals surface area contributed by atoms with Crippen molar-refractivity contribution in [1.82, 2.24) is 4.98 Å². The molecule has 1 aromatic carbocycles. The zero-order valence-electron chi connectivity index (χ0n) is 17.5. The number of anilines is 1. The van der Waals surface area contributed by atoms with Crippen LogP contribution in [0.5, 0.6) is 23.0 Å².